The Labute approximate surface area is 184 Å². The fraction of sp³-hybridized carbons (Fsp3) is 0.833. The van der Waals surface area contributed by atoms with Crippen LogP contribution < -0.4 is 10.6 Å². The zero-order chi connectivity index (χ0) is 18.5. The Morgan fingerprint density at radius 2 is 2.11 bits per heavy atom. The Bertz CT molecular complexity index is 617. The van der Waals surface area contributed by atoms with Crippen molar-refractivity contribution >= 4 is 41.7 Å². The van der Waals surface area contributed by atoms with Crippen LogP contribution in [0.25, 0.3) is 0 Å². The van der Waals surface area contributed by atoms with Gasteiger partial charge in [-0.25, -0.2) is 4.99 Å². The van der Waals surface area contributed by atoms with Crippen molar-refractivity contribution in [3.05, 3.63) is 11.6 Å². The van der Waals surface area contributed by atoms with E-state index in [4.69, 9.17) is 4.99 Å². The third-order valence-electron chi connectivity index (χ3n) is 5.36. The maximum atomic E-state index is 4.79. The standard InChI is InChI=1S/C18H33N7S.HI/c1-13-10-15(12-25(13)16-6-7-16)21-18(19-8-5-9-26-4)20-11-17-23-22-14(2)24(17)3;/h13,15-16H,5-12H2,1-4H3,(H2,19,20,21);1H. The van der Waals surface area contributed by atoms with E-state index in [0.717, 1.165) is 43.2 Å². The van der Waals surface area contributed by atoms with Crippen LogP contribution in [0.3, 0.4) is 0 Å². The number of aliphatic imine (C=N–C) groups is 1. The third-order valence-corrected chi connectivity index (χ3v) is 6.06. The molecule has 2 N–H and O–H groups in total. The molecule has 0 spiro atoms. The van der Waals surface area contributed by atoms with Crippen molar-refractivity contribution in [3.63, 3.8) is 0 Å². The minimum absolute atomic E-state index is 0. The Hall–Kier alpha value is -0.550. The normalized spacial score (nSPS) is 23.3. The number of thioether (sulfide) groups is 1. The molecule has 0 radical (unpaired) electrons. The highest BCUT2D eigenvalue weighted by atomic mass is 127. The molecule has 27 heavy (non-hydrogen) atoms. The highest BCUT2D eigenvalue weighted by Crippen LogP contribution is 2.33. The third kappa shape index (κ3) is 6.49. The molecule has 2 atom stereocenters. The van der Waals surface area contributed by atoms with E-state index in [1.807, 2.05) is 30.3 Å². The van der Waals surface area contributed by atoms with E-state index in [2.05, 4.69) is 38.9 Å². The zero-order valence-corrected chi connectivity index (χ0v) is 20.1. The van der Waals surface area contributed by atoms with Crippen molar-refractivity contribution in [2.45, 2.75) is 64.2 Å². The van der Waals surface area contributed by atoms with Crippen LogP contribution in [0.2, 0.25) is 0 Å². The van der Waals surface area contributed by atoms with Gasteiger partial charge in [-0.2, -0.15) is 11.8 Å². The van der Waals surface area contributed by atoms with Crippen molar-refractivity contribution in [2.24, 2.45) is 12.0 Å². The predicted octanol–water partition coefficient (Wildman–Crippen LogP) is 2.16. The quantitative estimate of drug-likeness (QED) is 0.243. The Morgan fingerprint density at radius 3 is 2.74 bits per heavy atom. The lowest BCUT2D eigenvalue weighted by molar-refractivity contribution is 0.256. The number of rotatable bonds is 8. The van der Waals surface area contributed by atoms with E-state index in [0.29, 0.717) is 18.6 Å². The summed E-state index contributed by atoms with van der Waals surface area (Å²) in [6.45, 7) is 6.93. The van der Waals surface area contributed by atoms with Crippen LogP contribution in [0, 0.1) is 6.92 Å². The van der Waals surface area contributed by atoms with Crippen molar-refractivity contribution < 1.29 is 0 Å². The molecule has 2 fully saturated rings. The first-order valence-corrected chi connectivity index (χ1v) is 11.1. The van der Waals surface area contributed by atoms with Gasteiger partial charge in [0, 0.05) is 38.3 Å². The zero-order valence-electron chi connectivity index (χ0n) is 16.9. The van der Waals surface area contributed by atoms with Gasteiger partial charge >= 0.3 is 0 Å². The first kappa shape index (κ1) is 22.7. The first-order valence-electron chi connectivity index (χ1n) is 9.73. The largest absolute Gasteiger partial charge is 0.356 e. The van der Waals surface area contributed by atoms with Gasteiger partial charge in [-0.3, -0.25) is 4.90 Å². The van der Waals surface area contributed by atoms with E-state index >= 15 is 0 Å². The molecule has 1 aliphatic heterocycles. The first-order chi connectivity index (χ1) is 12.6. The van der Waals surface area contributed by atoms with E-state index < -0.39 is 0 Å². The van der Waals surface area contributed by atoms with E-state index in [9.17, 15) is 0 Å². The van der Waals surface area contributed by atoms with Crippen molar-refractivity contribution in [1.29, 1.82) is 0 Å². The van der Waals surface area contributed by atoms with Gasteiger partial charge in [0.05, 0.1) is 0 Å². The second-order valence-electron chi connectivity index (χ2n) is 7.51. The molecule has 1 aliphatic carbocycles. The Morgan fingerprint density at radius 1 is 1.33 bits per heavy atom. The lowest BCUT2D eigenvalue weighted by Crippen LogP contribution is -2.45. The fourth-order valence-electron chi connectivity index (χ4n) is 3.58. The van der Waals surface area contributed by atoms with Gasteiger partial charge < -0.3 is 15.2 Å². The van der Waals surface area contributed by atoms with E-state index in [-0.39, 0.29) is 24.0 Å². The maximum Gasteiger partial charge on any atom is 0.191 e. The molecule has 1 saturated heterocycles. The molecule has 0 bridgehead atoms. The summed E-state index contributed by atoms with van der Waals surface area (Å²) in [5.41, 5.74) is 0. The minimum atomic E-state index is 0. The molecule has 1 aromatic heterocycles. The number of nitrogens with zero attached hydrogens (tertiary/aromatic N) is 5. The second kappa shape index (κ2) is 10.8. The average molecular weight is 507 g/mol. The van der Waals surface area contributed by atoms with Crippen molar-refractivity contribution in [3.8, 4) is 0 Å². The Balaban J connectivity index is 0.00000261. The highest BCUT2D eigenvalue weighted by molar-refractivity contribution is 14.0. The molecule has 2 aliphatic rings. The lowest BCUT2D eigenvalue weighted by Gasteiger charge is -2.20. The number of guanidine groups is 1. The molecule has 2 heterocycles. The molecule has 2 unspecified atom stereocenters. The van der Waals surface area contributed by atoms with Crippen molar-refractivity contribution in [1.82, 2.24) is 30.3 Å². The summed E-state index contributed by atoms with van der Waals surface area (Å²) >= 11 is 1.88. The molecule has 7 nitrogen and oxygen atoms in total. The maximum absolute atomic E-state index is 4.79. The monoisotopic (exact) mass is 507 g/mol. The molecule has 0 amide bonds. The number of hydrogen-bond acceptors (Lipinski definition) is 5. The summed E-state index contributed by atoms with van der Waals surface area (Å²) in [6.07, 6.45) is 7.22. The van der Waals surface area contributed by atoms with Gasteiger partial charge in [-0.15, -0.1) is 34.2 Å². The molecule has 3 rings (SSSR count). The number of aryl methyl sites for hydroxylation is 1. The summed E-state index contributed by atoms with van der Waals surface area (Å²) < 4.78 is 2.00. The predicted molar refractivity (Wildman–Crippen MR) is 124 cm³/mol. The number of aromatic nitrogens is 3. The number of likely N-dealkylation sites (tertiary alicyclic amines) is 1. The lowest BCUT2D eigenvalue weighted by atomic mass is 10.2. The van der Waals surface area contributed by atoms with Gasteiger partial charge in [0.25, 0.3) is 0 Å². The van der Waals surface area contributed by atoms with Gasteiger partial charge in [-0.05, 0) is 51.5 Å². The van der Waals surface area contributed by atoms with Crippen LogP contribution in [0.15, 0.2) is 4.99 Å². The molecule has 154 valence electrons. The summed E-state index contributed by atoms with van der Waals surface area (Å²) in [5, 5.41) is 15.5. The summed E-state index contributed by atoms with van der Waals surface area (Å²) in [4.78, 5) is 7.45. The van der Waals surface area contributed by atoms with Gasteiger partial charge in [0.2, 0.25) is 0 Å². The van der Waals surface area contributed by atoms with Crippen LogP contribution in [0.5, 0.6) is 0 Å². The molecule has 0 aromatic carbocycles. The van der Waals surface area contributed by atoms with Crippen LogP contribution in [0.1, 0.15) is 44.3 Å². The number of halogens is 1. The van der Waals surface area contributed by atoms with Crippen molar-refractivity contribution in [2.75, 3.05) is 25.1 Å². The minimum Gasteiger partial charge on any atom is -0.356 e. The molecule has 1 aromatic rings. The SMILES string of the molecule is CSCCCNC(=NCc1nnc(C)n1C)NC1CC(C)N(C2CC2)C1.I. The summed E-state index contributed by atoms with van der Waals surface area (Å²) in [5.74, 6) is 3.88. The van der Waals surface area contributed by atoms with Crippen LogP contribution in [-0.2, 0) is 13.6 Å². The van der Waals surface area contributed by atoms with E-state index in [1.165, 1.54) is 25.0 Å². The van der Waals surface area contributed by atoms with Gasteiger partial charge in [-0.1, -0.05) is 0 Å². The average Bonchev–Trinajstić information content (AvgIpc) is 3.33. The highest BCUT2D eigenvalue weighted by Gasteiger charge is 2.38. The number of hydrogen-bond donors (Lipinski definition) is 2. The van der Waals surface area contributed by atoms with E-state index in [1.54, 1.807) is 0 Å². The summed E-state index contributed by atoms with van der Waals surface area (Å²) in [7, 11) is 1.99. The molecule has 1 saturated carbocycles. The van der Waals surface area contributed by atoms with Crippen LogP contribution >= 0.6 is 35.7 Å². The molecular formula is C18H34IN7S. The fourth-order valence-corrected chi connectivity index (χ4v) is 4.02. The van der Waals surface area contributed by atoms with Crippen LogP contribution in [0.4, 0.5) is 0 Å². The molecule has 9 heteroatoms. The van der Waals surface area contributed by atoms with Gasteiger partial charge in [0.15, 0.2) is 11.8 Å². The van der Waals surface area contributed by atoms with Crippen LogP contribution in [-0.4, -0.2) is 68.8 Å². The Kier molecular flexibility index (Phi) is 9.13. The van der Waals surface area contributed by atoms with Gasteiger partial charge in [0.1, 0.15) is 12.4 Å². The smallest absolute Gasteiger partial charge is 0.191 e. The summed E-state index contributed by atoms with van der Waals surface area (Å²) in [6, 6.07) is 1.96. The molecular weight excluding hydrogens is 473 g/mol. The second-order valence-corrected chi connectivity index (χ2v) is 8.50. The number of nitrogens with one attached hydrogen (secondary N) is 2. The topological polar surface area (TPSA) is 70.4 Å².